The van der Waals surface area contributed by atoms with Crippen molar-refractivity contribution in [2.75, 3.05) is 0 Å². The van der Waals surface area contributed by atoms with Gasteiger partial charge in [0.05, 0.1) is 0 Å². The molecule has 0 radical (unpaired) electrons. The zero-order valence-corrected chi connectivity index (χ0v) is 6.60. The van der Waals surface area contributed by atoms with Crippen molar-refractivity contribution < 1.29 is 4.79 Å². The second kappa shape index (κ2) is 5.66. The molecule has 1 nitrogen and oxygen atoms in total. The summed E-state index contributed by atoms with van der Waals surface area (Å²) < 4.78 is 1.18. The first-order valence-electron chi connectivity index (χ1n) is 3.33. The van der Waals surface area contributed by atoms with Crippen molar-refractivity contribution in [1.29, 1.82) is 0 Å². The van der Waals surface area contributed by atoms with Crippen LogP contribution in [-0.4, -0.2) is 42.5 Å². The van der Waals surface area contributed by atoms with E-state index in [1.165, 1.54) is 4.70 Å². The molecule has 0 saturated heterocycles. The number of hydrogen-bond acceptors (Lipinski definition) is 2. The van der Waals surface area contributed by atoms with E-state index in [0.717, 1.165) is 17.2 Å². The van der Waals surface area contributed by atoms with Gasteiger partial charge in [-0.15, -0.1) is 11.3 Å². The molecule has 0 aliphatic rings. The summed E-state index contributed by atoms with van der Waals surface area (Å²) in [7, 11) is 0. The standard InChI is InChI=1S/C9H6OS.Al.Li.4H/c10-5-7-6-11-9-4-2-1-3-8(7)9;;;;;;/h1-6H;;;;;;. The van der Waals surface area contributed by atoms with E-state index in [1.807, 2.05) is 29.6 Å². The number of thiophene rings is 1. The number of fused-ring (bicyclic) bond motifs is 1. The van der Waals surface area contributed by atoms with E-state index < -0.39 is 0 Å². The molecule has 0 aliphatic heterocycles. The van der Waals surface area contributed by atoms with Crippen LogP contribution in [0.1, 0.15) is 10.4 Å². The van der Waals surface area contributed by atoms with Gasteiger partial charge in [0.1, 0.15) is 0 Å². The Morgan fingerprint density at radius 2 is 1.92 bits per heavy atom. The van der Waals surface area contributed by atoms with Crippen LogP contribution in [0.2, 0.25) is 0 Å². The fourth-order valence-electron chi connectivity index (χ4n) is 1.09. The van der Waals surface area contributed by atoms with Gasteiger partial charge in [0.2, 0.25) is 0 Å². The van der Waals surface area contributed by atoms with Gasteiger partial charge in [0.25, 0.3) is 0 Å². The molecule has 4 heteroatoms. The van der Waals surface area contributed by atoms with Gasteiger partial charge in [0, 0.05) is 21.0 Å². The zero-order valence-electron chi connectivity index (χ0n) is 5.78. The second-order valence-electron chi connectivity index (χ2n) is 2.31. The summed E-state index contributed by atoms with van der Waals surface area (Å²) in [6.07, 6.45) is 0.902. The first-order valence-corrected chi connectivity index (χ1v) is 4.21. The number of carbonyl (C=O) groups is 1. The molecular formula is C9H10AlLiOS. The summed E-state index contributed by atoms with van der Waals surface area (Å²) in [5.41, 5.74) is 0.797. The summed E-state index contributed by atoms with van der Waals surface area (Å²) in [6.45, 7) is 0. The molecule has 0 spiro atoms. The van der Waals surface area contributed by atoms with Gasteiger partial charge in [-0.05, 0) is 6.07 Å². The fourth-order valence-corrected chi connectivity index (χ4v) is 2.00. The van der Waals surface area contributed by atoms with Crippen molar-refractivity contribution in [3.8, 4) is 0 Å². The quantitative estimate of drug-likeness (QED) is 0.493. The van der Waals surface area contributed by atoms with Crippen molar-refractivity contribution in [2.45, 2.75) is 0 Å². The number of hydrogen-bond donors (Lipinski definition) is 0. The van der Waals surface area contributed by atoms with Gasteiger partial charge in [-0.2, -0.15) is 0 Å². The van der Waals surface area contributed by atoms with Crippen LogP contribution >= 0.6 is 11.3 Å². The number of carbonyl (C=O) groups excluding carboxylic acids is 1. The minimum absolute atomic E-state index is 0. The first-order chi connectivity index (χ1) is 5.42. The average molecular weight is 200 g/mol. The van der Waals surface area contributed by atoms with Crippen LogP contribution in [0, 0.1) is 0 Å². The molecular weight excluding hydrogens is 190 g/mol. The summed E-state index contributed by atoms with van der Waals surface area (Å²) in [5, 5.41) is 2.95. The predicted molar refractivity (Wildman–Crippen MR) is 64.3 cm³/mol. The van der Waals surface area contributed by atoms with E-state index in [0.29, 0.717) is 0 Å². The molecule has 0 atom stereocenters. The molecule has 0 amide bonds. The van der Waals surface area contributed by atoms with Gasteiger partial charge in [-0.1, -0.05) is 18.2 Å². The Morgan fingerprint density at radius 3 is 2.62 bits per heavy atom. The normalized spacial score (nSPS) is 8.62. The molecule has 2 aromatic rings. The molecule has 0 fully saturated rings. The third-order valence-corrected chi connectivity index (χ3v) is 2.62. The SMILES string of the molecule is O=Cc1csc2ccccc12.[AlH3].[LiH]. The third-order valence-electron chi connectivity index (χ3n) is 1.64. The van der Waals surface area contributed by atoms with Crippen molar-refractivity contribution in [1.82, 2.24) is 0 Å². The number of benzene rings is 1. The van der Waals surface area contributed by atoms with Crippen LogP contribution in [0.5, 0.6) is 0 Å². The molecule has 62 valence electrons. The van der Waals surface area contributed by atoms with Gasteiger partial charge in [0.15, 0.2) is 23.6 Å². The Balaban J connectivity index is 0.000000720. The van der Waals surface area contributed by atoms with E-state index in [2.05, 4.69) is 0 Å². The summed E-state index contributed by atoms with van der Waals surface area (Å²) >= 11 is 1.61. The van der Waals surface area contributed by atoms with E-state index >= 15 is 0 Å². The Hall–Kier alpha value is -0.0201. The molecule has 0 unspecified atom stereocenters. The molecule has 0 aliphatic carbocycles. The van der Waals surface area contributed by atoms with Gasteiger partial charge in [-0.3, -0.25) is 4.79 Å². The van der Waals surface area contributed by atoms with E-state index in [4.69, 9.17) is 0 Å². The average Bonchev–Trinajstić information content (AvgIpc) is 2.47. The van der Waals surface area contributed by atoms with Crippen LogP contribution < -0.4 is 0 Å². The molecule has 0 bridgehead atoms. The van der Waals surface area contributed by atoms with Gasteiger partial charge in [-0.25, -0.2) is 0 Å². The third kappa shape index (κ3) is 2.47. The molecule has 2 rings (SSSR count). The zero-order chi connectivity index (χ0) is 7.68. The van der Waals surface area contributed by atoms with E-state index in [9.17, 15) is 4.79 Å². The number of rotatable bonds is 1. The maximum absolute atomic E-state index is 10.5. The van der Waals surface area contributed by atoms with Gasteiger partial charge >= 0.3 is 18.9 Å². The fraction of sp³-hybridized carbons (Fsp3) is 0. The molecule has 0 saturated carbocycles. The monoisotopic (exact) mass is 200 g/mol. The van der Waals surface area contributed by atoms with E-state index in [1.54, 1.807) is 11.3 Å². The van der Waals surface area contributed by atoms with Gasteiger partial charge < -0.3 is 0 Å². The topological polar surface area (TPSA) is 17.1 Å². The molecule has 1 aromatic heterocycles. The van der Waals surface area contributed by atoms with Crippen LogP contribution in [0.25, 0.3) is 10.1 Å². The van der Waals surface area contributed by atoms with E-state index in [-0.39, 0.29) is 36.2 Å². The summed E-state index contributed by atoms with van der Waals surface area (Å²) in [5.74, 6) is 0. The minimum atomic E-state index is 0. The molecule has 13 heavy (non-hydrogen) atoms. The Morgan fingerprint density at radius 1 is 1.23 bits per heavy atom. The summed E-state index contributed by atoms with van der Waals surface area (Å²) in [6, 6.07) is 7.91. The van der Waals surface area contributed by atoms with Crippen LogP contribution in [0.4, 0.5) is 0 Å². The Labute approximate surface area is 103 Å². The van der Waals surface area contributed by atoms with Crippen LogP contribution in [0.3, 0.4) is 0 Å². The van der Waals surface area contributed by atoms with Crippen molar-refractivity contribution in [3.63, 3.8) is 0 Å². The van der Waals surface area contributed by atoms with Crippen LogP contribution in [0.15, 0.2) is 29.6 Å². The molecule has 0 N–H and O–H groups in total. The predicted octanol–water partition coefficient (Wildman–Crippen LogP) is 0.881. The van der Waals surface area contributed by atoms with Crippen molar-refractivity contribution in [3.05, 3.63) is 35.2 Å². The van der Waals surface area contributed by atoms with Crippen LogP contribution in [-0.2, 0) is 0 Å². The first kappa shape index (κ1) is 13.0. The molecule has 1 heterocycles. The second-order valence-corrected chi connectivity index (χ2v) is 3.22. The summed E-state index contributed by atoms with van der Waals surface area (Å²) in [4.78, 5) is 10.5. The number of aldehydes is 1. The maximum atomic E-state index is 10.5. The van der Waals surface area contributed by atoms with Crippen molar-refractivity contribution >= 4 is 63.9 Å². The van der Waals surface area contributed by atoms with Crippen molar-refractivity contribution in [2.24, 2.45) is 0 Å². The Kier molecular flexibility index (Phi) is 5.65. The molecule has 1 aromatic carbocycles. The Bertz CT molecular complexity index is 399.